The first-order valence-electron chi connectivity index (χ1n) is 14.7. The fourth-order valence-corrected chi connectivity index (χ4v) is 6.39. The largest absolute Gasteiger partial charge is 0.415 e. The van der Waals surface area contributed by atoms with Gasteiger partial charge in [0, 0.05) is 37.8 Å². The number of nitrogens with one attached hydrogen (secondary N) is 1. The van der Waals surface area contributed by atoms with Gasteiger partial charge in [-0.25, -0.2) is 13.8 Å². The average molecular weight is 598 g/mol. The molecule has 2 aliphatic rings. The zero-order valence-corrected chi connectivity index (χ0v) is 26.2. The molecule has 2 aromatic carbocycles. The van der Waals surface area contributed by atoms with Crippen LogP contribution in [0.1, 0.15) is 55.6 Å². The summed E-state index contributed by atoms with van der Waals surface area (Å²) in [6.45, 7) is 15.1. The minimum absolute atomic E-state index is 0.0832. The summed E-state index contributed by atoms with van der Waals surface area (Å²) in [6.07, 6.45) is 3.29. The molecule has 1 aromatic heterocycles. The number of carbonyl (C=O) groups excluding carboxylic acids is 1. The van der Waals surface area contributed by atoms with Crippen LogP contribution >= 0.6 is 0 Å². The highest BCUT2D eigenvalue weighted by molar-refractivity contribution is 6.74. The molecule has 2 saturated heterocycles. The summed E-state index contributed by atoms with van der Waals surface area (Å²) in [5.41, 5.74) is 2.98. The molecule has 3 aromatic rings. The van der Waals surface area contributed by atoms with E-state index in [-0.39, 0.29) is 17.0 Å². The van der Waals surface area contributed by atoms with Gasteiger partial charge in [0.15, 0.2) is 8.32 Å². The molecule has 11 heteroatoms. The third kappa shape index (κ3) is 6.58. The van der Waals surface area contributed by atoms with Gasteiger partial charge >= 0.3 is 0 Å². The lowest BCUT2D eigenvalue weighted by Crippen LogP contribution is -2.42. The number of halogens is 2. The highest BCUT2D eigenvalue weighted by atomic mass is 28.4. The molecular formula is C31H41F2N5O3Si. The molecule has 0 saturated carbocycles. The Kier molecular flexibility index (Phi) is 8.82. The molecule has 3 heterocycles. The van der Waals surface area contributed by atoms with Gasteiger partial charge in [0.2, 0.25) is 0 Å². The molecule has 1 amide bonds. The van der Waals surface area contributed by atoms with E-state index < -0.39 is 20.0 Å². The first kappa shape index (κ1) is 30.3. The van der Waals surface area contributed by atoms with Crippen LogP contribution in [0, 0.1) is 11.6 Å². The number of carbonyl (C=O) groups is 1. The quantitative estimate of drug-likeness (QED) is 0.258. The molecule has 1 N–H and O–H groups in total. The summed E-state index contributed by atoms with van der Waals surface area (Å²) in [4.78, 5) is 27.3. The maximum absolute atomic E-state index is 14.2. The summed E-state index contributed by atoms with van der Waals surface area (Å²) in [7, 11) is -1.93. The van der Waals surface area contributed by atoms with Crippen molar-refractivity contribution in [2.75, 3.05) is 55.8 Å². The summed E-state index contributed by atoms with van der Waals surface area (Å²) in [6, 6.07) is 6.99. The number of ether oxygens (including phenoxy) is 1. The lowest BCUT2D eigenvalue weighted by Gasteiger charge is -2.36. The molecule has 1 atom stereocenters. The van der Waals surface area contributed by atoms with Gasteiger partial charge in [0.05, 0.1) is 43.3 Å². The van der Waals surface area contributed by atoms with Gasteiger partial charge in [-0.15, -0.1) is 0 Å². The Labute approximate surface area is 247 Å². The van der Waals surface area contributed by atoms with E-state index in [9.17, 15) is 13.6 Å². The fourth-order valence-electron chi connectivity index (χ4n) is 5.34. The number of fused-ring (bicyclic) bond motifs is 1. The fraction of sp³-hybridized carbons (Fsp3) is 0.516. The minimum Gasteiger partial charge on any atom is -0.415 e. The molecule has 0 aliphatic carbocycles. The van der Waals surface area contributed by atoms with Crippen LogP contribution in [0.4, 0.5) is 20.3 Å². The monoisotopic (exact) mass is 597 g/mol. The maximum Gasteiger partial charge on any atom is 0.251 e. The van der Waals surface area contributed by atoms with Crippen molar-refractivity contribution in [2.45, 2.75) is 57.8 Å². The Morgan fingerprint density at radius 3 is 2.50 bits per heavy atom. The van der Waals surface area contributed by atoms with Gasteiger partial charge < -0.3 is 24.3 Å². The number of morpholine rings is 1. The first-order chi connectivity index (χ1) is 19.9. The number of amides is 1. The van der Waals surface area contributed by atoms with Crippen molar-refractivity contribution in [3.63, 3.8) is 0 Å². The van der Waals surface area contributed by atoms with Crippen molar-refractivity contribution in [3.8, 4) is 0 Å². The van der Waals surface area contributed by atoms with E-state index in [0.717, 1.165) is 30.4 Å². The molecule has 2 aliphatic heterocycles. The smallest absolute Gasteiger partial charge is 0.251 e. The number of aromatic nitrogens is 2. The normalized spacial score (nSPS) is 18.1. The van der Waals surface area contributed by atoms with Crippen LogP contribution in [0.3, 0.4) is 0 Å². The van der Waals surface area contributed by atoms with Crippen LogP contribution in [0.15, 0.2) is 36.5 Å². The number of hydrogen-bond donors (Lipinski definition) is 1. The predicted octanol–water partition coefficient (Wildman–Crippen LogP) is 5.84. The summed E-state index contributed by atoms with van der Waals surface area (Å²) in [5.74, 6) is -0.712. The highest BCUT2D eigenvalue weighted by Crippen LogP contribution is 2.40. The van der Waals surface area contributed by atoms with E-state index in [2.05, 4.69) is 49.0 Å². The van der Waals surface area contributed by atoms with Crippen LogP contribution in [0.25, 0.3) is 11.0 Å². The van der Waals surface area contributed by atoms with Crippen molar-refractivity contribution in [2.24, 2.45) is 0 Å². The minimum atomic E-state index is -1.93. The van der Waals surface area contributed by atoms with Crippen LogP contribution in [-0.2, 0) is 9.16 Å². The number of rotatable bonds is 8. The maximum atomic E-state index is 14.2. The van der Waals surface area contributed by atoms with Gasteiger partial charge in [0.1, 0.15) is 23.0 Å². The lowest BCUT2D eigenvalue weighted by molar-refractivity contribution is 0.0946. The van der Waals surface area contributed by atoms with Gasteiger partial charge in [-0.3, -0.25) is 9.78 Å². The Bertz CT molecular complexity index is 1420. The second-order valence-electron chi connectivity index (χ2n) is 12.6. The molecule has 42 heavy (non-hydrogen) atoms. The predicted molar refractivity (Wildman–Crippen MR) is 164 cm³/mol. The number of benzene rings is 2. The third-order valence-electron chi connectivity index (χ3n) is 8.70. The van der Waals surface area contributed by atoms with Crippen molar-refractivity contribution < 1.29 is 22.7 Å². The van der Waals surface area contributed by atoms with Crippen molar-refractivity contribution in [1.82, 2.24) is 15.3 Å². The molecule has 0 bridgehead atoms. The number of anilines is 2. The van der Waals surface area contributed by atoms with Gasteiger partial charge in [0.25, 0.3) is 5.91 Å². The Morgan fingerprint density at radius 1 is 1.10 bits per heavy atom. The number of hydrogen-bond acceptors (Lipinski definition) is 7. The molecule has 0 spiro atoms. The van der Waals surface area contributed by atoms with Gasteiger partial charge in [-0.05, 0) is 60.8 Å². The first-order valence-corrected chi connectivity index (χ1v) is 17.6. The van der Waals surface area contributed by atoms with E-state index >= 15 is 0 Å². The highest BCUT2D eigenvalue weighted by Gasteiger charge is 2.37. The second kappa shape index (κ2) is 12.2. The topological polar surface area (TPSA) is 79.8 Å². The third-order valence-corrected chi connectivity index (χ3v) is 13.2. The molecule has 5 rings (SSSR count). The standard InChI is InChI=1S/C31H41F2N5O3Si/c1-31(2,3)42(4,5)41-12-8-34-30(39)22-17-25-29(36-28(20-35-25)37-10-13-40-14-11-37)27(18-22)38-9-6-7-26(38)21-15-23(32)19-24(33)16-21/h15-20,26H,6-14H2,1-5H3,(H,34,39)/t26-/m1/s1. The van der Waals surface area contributed by atoms with Crippen LogP contribution in [0.2, 0.25) is 18.1 Å². The number of nitrogens with zero attached hydrogens (tertiary/aromatic N) is 4. The molecule has 0 unspecified atom stereocenters. The van der Waals surface area contributed by atoms with Gasteiger partial charge in [-0.1, -0.05) is 20.8 Å². The molecule has 2 fully saturated rings. The van der Waals surface area contributed by atoms with Crippen molar-refractivity contribution in [3.05, 3.63) is 59.3 Å². The van der Waals surface area contributed by atoms with Crippen LogP contribution in [-0.4, -0.2) is 70.2 Å². The zero-order chi connectivity index (χ0) is 30.1. The summed E-state index contributed by atoms with van der Waals surface area (Å²) >= 11 is 0. The SMILES string of the molecule is CC(C)(C)[Si](C)(C)OCCNC(=O)c1cc(N2CCC[C@@H]2c2cc(F)cc(F)c2)c2nc(N3CCOCC3)cnc2c1. The van der Waals surface area contributed by atoms with E-state index in [4.69, 9.17) is 19.1 Å². The van der Waals surface area contributed by atoms with Gasteiger partial charge in [-0.2, -0.15) is 0 Å². The van der Waals surface area contributed by atoms with Crippen LogP contribution in [0.5, 0.6) is 0 Å². The molecule has 8 nitrogen and oxygen atoms in total. The molecule has 226 valence electrons. The van der Waals surface area contributed by atoms with E-state index in [0.29, 0.717) is 68.2 Å². The van der Waals surface area contributed by atoms with Crippen LogP contribution < -0.4 is 15.1 Å². The summed E-state index contributed by atoms with van der Waals surface area (Å²) in [5, 5.41) is 3.08. The Balaban J connectivity index is 1.47. The Hall–Kier alpha value is -3.15. The van der Waals surface area contributed by atoms with E-state index in [1.54, 1.807) is 12.3 Å². The van der Waals surface area contributed by atoms with Crippen molar-refractivity contribution >= 4 is 36.8 Å². The Morgan fingerprint density at radius 2 is 1.81 bits per heavy atom. The zero-order valence-electron chi connectivity index (χ0n) is 25.2. The average Bonchev–Trinajstić information content (AvgIpc) is 3.44. The second-order valence-corrected chi connectivity index (χ2v) is 17.4. The lowest BCUT2D eigenvalue weighted by atomic mass is 10.0. The van der Waals surface area contributed by atoms with Crippen molar-refractivity contribution in [1.29, 1.82) is 0 Å². The van der Waals surface area contributed by atoms with E-state index in [1.807, 2.05) is 6.07 Å². The molecule has 0 radical (unpaired) electrons. The summed E-state index contributed by atoms with van der Waals surface area (Å²) < 4.78 is 40.2. The van der Waals surface area contributed by atoms with E-state index in [1.165, 1.54) is 12.1 Å². The molecular weight excluding hydrogens is 556 g/mol.